The van der Waals surface area contributed by atoms with Gasteiger partial charge in [-0.25, -0.2) is 0 Å². The average Bonchev–Trinajstić information content (AvgIpc) is 2.27. The highest BCUT2D eigenvalue weighted by atomic mass is 19.4. The highest BCUT2D eigenvalue weighted by molar-refractivity contribution is 5.35. The zero-order valence-corrected chi connectivity index (χ0v) is 11.1. The smallest absolute Gasteiger partial charge is 0.405 e. The normalized spacial score (nSPS) is 15.1. The topological polar surface area (TPSA) is 29.5 Å². The molecule has 19 heavy (non-hydrogen) atoms. The van der Waals surface area contributed by atoms with Crippen LogP contribution >= 0.6 is 0 Å². The zero-order chi connectivity index (χ0) is 14.5. The molecule has 108 valence electrons. The second kappa shape index (κ2) is 6.80. The van der Waals surface area contributed by atoms with E-state index in [9.17, 15) is 18.3 Å². The third kappa shape index (κ3) is 5.51. The first-order valence-corrected chi connectivity index (χ1v) is 6.36. The van der Waals surface area contributed by atoms with Gasteiger partial charge in [-0.15, -0.1) is 13.2 Å². The minimum absolute atomic E-state index is 0.183. The Morgan fingerprint density at radius 1 is 1.26 bits per heavy atom. The molecular weight excluding hydrogens is 257 g/mol. The molecule has 2 nitrogen and oxygen atoms in total. The summed E-state index contributed by atoms with van der Waals surface area (Å²) in [5.74, 6) is -0.0786. The Balaban J connectivity index is 2.81. The minimum Gasteiger partial charge on any atom is -0.405 e. The Labute approximate surface area is 111 Å². The third-order valence-corrected chi connectivity index (χ3v) is 2.91. The number of halogens is 3. The Morgan fingerprint density at radius 2 is 1.89 bits per heavy atom. The molecule has 1 aromatic rings. The van der Waals surface area contributed by atoms with Crippen LogP contribution in [0.1, 0.15) is 44.8 Å². The summed E-state index contributed by atoms with van der Waals surface area (Å²) in [6.45, 7) is 4.00. The fourth-order valence-electron chi connectivity index (χ4n) is 2.09. The number of rotatable bonds is 6. The lowest BCUT2D eigenvalue weighted by molar-refractivity contribution is -0.275. The number of alkyl halides is 3. The molecule has 0 radical (unpaired) electrons. The van der Waals surface area contributed by atoms with Crippen molar-refractivity contribution in [2.75, 3.05) is 0 Å². The van der Waals surface area contributed by atoms with Gasteiger partial charge < -0.3 is 9.84 Å². The molecule has 2 unspecified atom stereocenters. The van der Waals surface area contributed by atoms with Crippen LogP contribution in [0.5, 0.6) is 5.75 Å². The van der Waals surface area contributed by atoms with Crippen LogP contribution in [0, 0.1) is 5.92 Å². The van der Waals surface area contributed by atoms with Gasteiger partial charge in [0.1, 0.15) is 5.75 Å². The molecule has 0 saturated carbocycles. The molecule has 5 heteroatoms. The largest absolute Gasteiger partial charge is 0.573 e. The zero-order valence-electron chi connectivity index (χ0n) is 11.1. The van der Waals surface area contributed by atoms with Crippen LogP contribution in [0.3, 0.4) is 0 Å². The summed E-state index contributed by atoms with van der Waals surface area (Å²) in [5, 5.41) is 10.0. The van der Waals surface area contributed by atoms with Crippen LogP contribution in [0.25, 0.3) is 0 Å². The fraction of sp³-hybridized carbons (Fsp3) is 0.571. The van der Waals surface area contributed by atoms with Crippen LogP contribution in [0.4, 0.5) is 13.2 Å². The van der Waals surface area contributed by atoms with Crippen LogP contribution in [-0.4, -0.2) is 11.5 Å². The van der Waals surface area contributed by atoms with Crippen molar-refractivity contribution < 1.29 is 23.0 Å². The van der Waals surface area contributed by atoms with Crippen LogP contribution < -0.4 is 4.74 Å². The van der Waals surface area contributed by atoms with E-state index < -0.39 is 12.5 Å². The van der Waals surface area contributed by atoms with E-state index >= 15 is 0 Å². The van der Waals surface area contributed by atoms with Gasteiger partial charge in [-0.2, -0.15) is 0 Å². The number of hydrogen-bond donors (Lipinski definition) is 1. The maximum absolute atomic E-state index is 12.3. The molecule has 0 aliphatic heterocycles. The first-order chi connectivity index (χ1) is 8.83. The van der Waals surface area contributed by atoms with Crippen molar-refractivity contribution in [1.29, 1.82) is 0 Å². The molecule has 0 aromatic heterocycles. The van der Waals surface area contributed by atoms with E-state index in [1.807, 2.05) is 13.8 Å². The van der Waals surface area contributed by atoms with Gasteiger partial charge in [-0.3, -0.25) is 0 Å². The van der Waals surface area contributed by atoms with Crippen molar-refractivity contribution in [3.63, 3.8) is 0 Å². The molecule has 1 rings (SSSR count). The molecule has 1 N–H and O–H groups in total. The van der Waals surface area contributed by atoms with Crippen molar-refractivity contribution in [3.05, 3.63) is 29.8 Å². The predicted octanol–water partition coefficient (Wildman–Crippen LogP) is 4.44. The summed E-state index contributed by atoms with van der Waals surface area (Å²) >= 11 is 0. The first-order valence-electron chi connectivity index (χ1n) is 6.36. The molecule has 1 aromatic carbocycles. The van der Waals surface area contributed by atoms with Crippen molar-refractivity contribution in [2.24, 2.45) is 5.92 Å². The van der Waals surface area contributed by atoms with Gasteiger partial charge in [0.2, 0.25) is 0 Å². The van der Waals surface area contributed by atoms with E-state index in [4.69, 9.17) is 0 Å². The molecule has 0 spiro atoms. The molecule has 0 bridgehead atoms. The predicted molar refractivity (Wildman–Crippen MR) is 66.8 cm³/mol. The molecule has 2 atom stereocenters. The van der Waals surface area contributed by atoms with Gasteiger partial charge in [0.25, 0.3) is 0 Å². The quantitative estimate of drug-likeness (QED) is 0.832. The number of ether oxygens (including phenoxy) is 1. The van der Waals surface area contributed by atoms with Crippen LogP contribution in [0.15, 0.2) is 24.3 Å². The van der Waals surface area contributed by atoms with E-state index in [-0.39, 0.29) is 17.2 Å². The number of aliphatic hydroxyl groups is 1. The fourth-order valence-corrected chi connectivity index (χ4v) is 2.09. The van der Waals surface area contributed by atoms with Crippen molar-refractivity contribution in [1.82, 2.24) is 0 Å². The Hall–Kier alpha value is -1.23. The molecule has 0 amide bonds. The molecule has 0 saturated heterocycles. The van der Waals surface area contributed by atoms with Crippen molar-refractivity contribution in [2.45, 2.75) is 45.6 Å². The van der Waals surface area contributed by atoms with Gasteiger partial charge in [0.15, 0.2) is 0 Å². The lowest BCUT2D eigenvalue weighted by Crippen LogP contribution is -2.19. The number of benzene rings is 1. The molecule has 0 heterocycles. The minimum atomic E-state index is -4.75. The van der Waals surface area contributed by atoms with Gasteiger partial charge in [0, 0.05) is 5.56 Å². The number of aliphatic hydroxyl groups excluding tert-OH is 1. The molecule has 0 fully saturated rings. The Bertz CT molecular complexity index is 391. The summed E-state index contributed by atoms with van der Waals surface area (Å²) in [6.07, 6.45) is -3.36. The molecular formula is C14H19F3O2. The van der Waals surface area contributed by atoms with E-state index in [1.165, 1.54) is 18.2 Å². The monoisotopic (exact) mass is 276 g/mol. The molecule has 0 aliphatic rings. The van der Waals surface area contributed by atoms with E-state index in [0.717, 1.165) is 12.8 Å². The maximum atomic E-state index is 12.3. The summed E-state index contributed by atoms with van der Waals surface area (Å²) in [5.41, 5.74) is 0.183. The van der Waals surface area contributed by atoms with Gasteiger partial charge in [-0.05, 0) is 18.4 Å². The van der Waals surface area contributed by atoms with Crippen LogP contribution in [0.2, 0.25) is 0 Å². The Morgan fingerprint density at radius 3 is 2.47 bits per heavy atom. The van der Waals surface area contributed by atoms with Crippen LogP contribution in [-0.2, 0) is 0 Å². The summed E-state index contributed by atoms with van der Waals surface area (Å²) in [6, 6.07) is 5.72. The number of hydrogen-bond acceptors (Lipinski definition) is 2. The summed E-state index contributed by atoms with van der Waals surface area (Å²) in [4.78, 5) is 0. The standard InChI is InChI=1S/C14H19F3O2/c1-3-6-10(2)9-12(18)11-7-4-5-8-13(11)19-14(15,16)17/h4-5,7-8,10,12,18H,3,6,9H2,1-2H3. The second-order valence-electron chi connectivity index (χ2n) is 4.73. The number of para-hydroxylation sites is 1. The van der Waals surface area contributed by atoms with E-state index in [0.29, 0.717) is 6.42 Å². The van der Waals surface area contributed by atoms with Gasteiger partial charge in [-0.1, -0.05) is 44.9 Å². The van der Waals surface area contributed by atoms with Crippen molar-refractivity contribution in [3.8, 4) is 5.75 Å². The highest BCUT2D eigenvalue weighted by Gasteiger charge is 2.32. The second-order valence-corrected chi connectivity index (χ2v) is 4.73. The average molecular weight is 276 g/mol. The van der Waals surface area contributed by atoms with Gasteiger partial charge >= 0.3 is 6.36 Å². The SMILES string of the molecule is CCCC(C)CC(O)c1ccccc1OC(F)(F)F. The van der Waals surface area contributed by atoms with E-state index in [1.54, 1.807) is 6.07 Å². The summed E-state index contributed by atoms with van der Waals surface area (Å²) < 4.78 is 40.7. The third-order valence-electron chi connectivity index (χ3n) is 2.91. The van der Waals surface area contributed by atoms with E-state index in [2.05, 4.69) is 4.74 Å². The lowest BCUT2D eigenvalue weighted by Gasteiger charge is -2.19. The maximum Gasteiger partial charge on any atom is 0.573 e. The first kappa shape index (κ1) is 15.8. The van der Waals surface area contributed by atoms with Crippen molar-refractivity contribution >= 4 is 0 Å². The van der Waals surface area contributed by atoms with Gasteiger partial charge in [0.05, 0.1) is 6.10 Å². The lowest BCUT2D eigenvalue weighted by atomic mass is 9.94. The Kier molecular flexibility index (Phi) is 5.66. The molecule has 0 aliphatic carbocycles. The summed E-state index contributed by atoms with van der Waals surface area (Å²) in [7, 11) is 0. The highest BCUT2D eigenvalue weighted by Crippen LogP contribution is 2.33.